The van der Waals surface area contributed by atoms with Crippen LogP contribution in [0.3, 0.4) is 0 Å². The SMILES string of the molecule is Cc1ccc(-c2c(CN)c(CC3CC3)nc3ccc(C=CC(=O)O)cc23)cc1.Cl.Cl. The summed E-state index contributed by atoms with van der Waals surface area (Å²) in [6.07, 6.45) is 6.28. The fourth-order valence-corrected chi connectivity index (χ4v) is 3.68. The molecule has 0 saturated heterocycles. The lowest BCUT2D eigenvalue weighted by atomic mass is 9.91. The van der Waals surface area contributed by atoms with E-state index in [-0.39, 0.29) is 24.8 Å². The van der Waals surface area contributed by atoms with Crippen LogP contribution in [0.25, 0.3) is 28.1 Å². The Balaban J connectivity index is 0.00000160. The molecule has 1 saturated carbocycles. The average Bonchev–Trinajstić information content (AvgIpc) is 3.50. The first kappa shape index (κ1) is 23.9. The number of carbonyl (C=O) groups is 1. The Morgan fingerprint density at radius 3 is 2.47 bits per heavy atom. The zero-order valence-electron chi connectivity index (χ0n) is 16.8. The van der Waals surface area contributed by atoms with Gasteiger partial charge < -0.3 is 10.8 Å². The van der Waals surface area contributed by atoms with Gasteiger partial charge in [-0.1, -0.05) is 35.9 Å². The van der Waals surface area contributed by atoms with Crippen LogP contribution < -0.4 is 5.73 Å². The lowest BCUT2D eigenvalue weighted by Gasteiger charge is -2.17. The molecule has 1 aliphatic carbocycles. The van der Waals surface area contributed by atoms with Crippen molar-refractivity contribution in [2.75, 3.05) is 0 Å². The van der Waals surface area contributed by atoms with Gasteiger partial charge in [0.15, 0.2) is 0 Å². The number of hydrogen-bond acceptors (Lipinski definition) is 3. The van der Waals surface area contributed by atoms with Crippen molar-refractivity contribution in [3.8, 4) is 11.1 Å². The molecule has 0 spiro atoms. The Bertz CT molecular complexity index is 1070. The zero-order valence-corrected chi connectivity index (χ0v) is 18.4. The third-order valence-corrected chi connectivity index (χ3v) is 5.34. The molecule has 1 fully saturated rings. The van der Waals surface area contributed by atoms with Crippen LogP contribution in [0, 0.1) is 12.8 Å². The van der Waals surface area contributed by atoms with Gasteiger partial charge in [0.1, 0.15) is 0 Å². The van der Waals surface area contributed by atoms with E-state index in [0.29, 0.717) is 6.54 Å². The van der Waals surface area contributed by atoms with Crippen LogP contribution in [0.1, 0.15) is 35.2 Å². The molecule has 0 atom stereocenters. The van der Waals surface area contributed by atoms with Gasteiger partial charge in [0.05, 0.1) is 5.52 Å². The van der Waals surface area contributed by atoms with Crippen molar-refractivity contribution in [3.05, 3.63) is 70.9 Å². The lowest BCUT2D eigenvalue weighted by molar-refractivity contribution is -0.131. The summed E-state index contributed by atoms with van der Waals surface area (Å²) in [5.41, 5.74) is 13.6. The molecule has 1 aliphatic rings. The smallest absolute Gasteiger partial charge is 0.328 e. The number of halogens is 2. The Morgan fingerprint density at radius 2 is 1.87 bits per heavy atom. The summed E-state index contributed by atoms with van der Waals surface area (Å²) < 4.78 is 0. The molecule has 6 heteroatoms. The van der Waals surface area contributed by atoms with E-state index in [1.54, 1.807) is 6.08 Å². The maximum absolute atomic E-state index is 10.9. The van der Waals surface area contributed by atoms with E-state index < -0.39 is 5.97 Å². The third-order valence-electron chi connectivity index (χ3n) is 5.34. The summed E-state index contributed by atoms with van der Waals surface area (Å²) in [6, 6.07) is 14.4. The zero-order chi connectivity index (χ0) is 19.7. The summed E-state index contributed by atoms with van der Waals surface area (Å²) in [7, 11) is 0. The van der Waals surface area contributed by atoms with Crippen molar-refractivity contribution in [2.45, 2.75) is 32.7 Å². The molecule has 4 rings (SSSR count). The number of benzene rings is 2. The summed E-state index contributed by atoms with van der Waals surface area (Å²) in [6.45, 7) is 2.51. The molecule has 3 aromatic rings. The Kier molecular flexibility index (Phi) is 8.02. The van der Waals surface area contributed by atoms with Crippen molar-refractivity contribution in [2.24, 2.45) is 11.7 Å². The van der Waals surface area contributed by atoms with Crippen LogP contribution in [0.4, 0.5) is 0 Å². The number of fused-ring (bicyclic) bond motifs is 1. The molecule has 1 heterocycles. The molecular formula is C24H26Cl2N2O2. The maximum atomic E-state index is 10.9. The number of nitrogens with two attached hydrogens (primary N) is 1. The van der Waals surface area contributed by atoms with E-state index >= 15 is 0 Å². The summed E-state index contributed by atoms with van der Waals surface area (Å²) in [5.74, 6) is -0.238. The van der Waals surface area contributed by atoms with Crippen molar-refractivity contribution in [1.82, 2.24) is 4.98 Å². The van der Waals surface area contributed by atoms with Crippen LogP contribution in [0.15, 0.2) is 48.5 Å². The summed E-state index contributed by atoms with van der Waals surface area (Å²) in [4.78, 5) is 15.8. The molecule has 30 heavy (non-hydrogen) atoms. The van der Waals surface area contributed by atoms with E-state index in [0.717, 1.165) is 57.3 Å². The van der Waals surface area contributed by atoms with Crippen molar-refractivity contribution in [1.29, 1.82) is 0 Å². The van der Waals surface area contributed by atoms with E-state index in [2.05, 4.69) is 31.2 Å². The van der Waals surface area contributed by atoms with Gasteiger partial charge in [0.25, 0.3) is 0 Å². The van der Waals surface area contributed by atoms with Crippen molar-refractivity contribution < 1.29 is 9.90 Å². The maximum Gasteiger partial charge on any atom is 0.328 e. The minimum atomic E-state index is -0.959. The molecule has 3 N–H and O–H groups in total. The highest BCUT2D eigenvalue weighted by atomic mass is 35.5. The predicted molar refractivity (Wildman–Crippen MR) is 127 cm³/mol. The average molecular weight is 445 g/mol. The summed E-state index contributed by atoms with van der Waals surface area (Å²) in [5, 5.41) is 9.95. The monoisotopic (exact) mass is 444 g/mol. The van der Waals surface area contributed by atoms with E-state index in [4.69, 9.17) is 15.8 Å². The minimum absolute atomic E-state index is 0. The largest absolute Gasteiger partial charge is 0.478 e. The van der Waals surface area contributed by atoms with Crippen molar-refractivity contribution >= 4 is 47.8 Å². The van der Waals surface area contributed by atoms with Gasteiger partial charge in [0, 0.05) is 23.7 Å². The first-order valence-electron chi connectivity index (χ1n) is 9.69. The van der Waals surface area contributed by atoms with Crippen LogP contribution in [-0.4, -0.2) is 16.1 Å². The number of aryl methyl sites for hydroxylation is 1. The first-order valence-corrected chi connectivity index (χ1v) is 9.69. The molecule has 0 amide bonds. The number of carboxylic acid groups (broad SMARTS) is 1. The molecule has 0 aliphatic heterocycles. The second-order valence-electron chi connectivity index (χ2n) is 7.58. The quantitative estimate of drug-likeness (QED) is 0.487. The predicted octanol–water partition coefficient (Wildman–Crippen LogP) is 5.56. The normalized spacial score (nSPS) is 13.1. The second-order valence-corrected chi connectivity index (χ2v) is 7.58. The first-order chi connectivity index (χ1) is 13.5. The Hall–Kier alpha value is -2.40. The fourth-order valence-electron chi connectivity index (χ4n) is 3.68. The molecule has 1 aromatic heterocycles. The third kappa shape index (κ3) is 5.20. The molecule has 0 bridgehead atoms. The van der Waals surface area contributed by atoms with Gasteiger partial charge in [-0.05, 0) is 72.6 Å². The Labute approximate surface area is 189 Å². The Morgan fingerprint density at radius 1 is 1.17 bits per heavy atom. The second kappa shape index (κ2) is 10.1. The van der Waals surface area contributed by atoms with Crippen molar-refractivity contribution in [3.63, 3.8) is 0 Å². The van der Waals surface area contributed by atoms with Crippen LogP contribution in [-0.2, 0) is 17.8 Å². The molecular weight excluding hydrogens is 419 g/mol. The number of aromatic nitrogens is 1. The van der Waals surface area contributed by atoms with E-state index in [9.17, 15) is 4.79 Å². The van der Waals surface area contributed by atoms with Gasteiger partial charge in [-0.15, -0.1) is 24.8 Å². The van der Waals surface area contributed by atoms with Crippen LogP contribution in [0.5, 0.6) is 0 Å². The lowest BCUT2D eigenvalue weighted by Crippen LogP contribution is -2.08. The van der Waals surface area contributed by atoms with Gasteiger partial charge in [-0.3, -0.25) is 4.98 Å². The summed E-state index contributed by atoms with van der Waals surface area (Å²) >= 11 is 0. The number of carboxylic acids is 1. The highest BCUT2D eigenvalue weighted by Crippen LogP contribution is 2.38. The van der Waals surface area contributed by atoms with E-state index in [1.165, 1.54) is 18.4 Å². The standard InChI is InChI=1S/C24H24N2O2.2ClH/c1-15-2-8-18(9-3-15)24-19-12-16(7-11-23(27)28)6-10-21(19)26-22(20(24)14-25)13-17-4-5-17;;/h2-3,6-12,17H,4-5,13-14,25H2,1H3,(H,27,28);2*1H. The number of rotatable bonds is 6. The van der Waals surface area contributed by atoms with Gasteiger partial charge in [-0.2, -0.15) is 0 Å². The van der Waals surface area contributed by atoms with Crippen LogP contribution in [0.2, 0.25) is 0 Å². The number of nitrogens with zero attached hydrogens (tertiary/aromatic N) is 1. The highest BCUT2D eigenvalue weighted by molar-refractivity contribution is 5.98. The number of aliphatic carboxylic acids is 1. The molecule has 0 unspecified atom stereocenters. The highest BCUT2D eigenvalue weighted by Gasteiger charge is 2.25. The van der Waals surface area contributed by atoms with E-state index in [1.807, 2.05) is 18.2 Å². The van der Waals surface area contributed by atoms with Crippen LogP contribution >= 0.6 is 24.8 Å². The number of pyridine rings is 1. The van der Waals surface area contributed by atoms with Gasteiger partial charge in [0.2, 0.25) is 0 Å². The topological polar surface area (TPSA) is 76.2 Å². The molecule has 2 aromatic carbocycles. The minimum Gasteiger partial charge on any atom is -0.478 e. The van der Waals surface area contributed by atoms with Gasteiger partial charge >= 0.3 is 5.97 Å². The fraction of sp³-hybridized carbons (Fsp3) is 0.250. The molecule has 4 nitrogen and oxygen atoms in total. The van der Waals surface area contributed by atoms with Gasteiger partial charge in [-0.25, -0.2) is 4.79 Å². The molecule has 0 radical (unpaired) electrons. The number of hydrogen-bond donors (Lipinski definition) is 2. The molecule has 158 valence electrons.